The molecule has 0 fully saturated rings. The highest BCUT2D eigenvalue weighted by Gasteiger charge is 2.05. The fourth-order valence-corrected chi connectivity index (χ4v) is 3.29. The third-order valence-corrected chi connectivity index (χ3v) is 4.40. The molecule has 0 N–H and O–H groups in total. The lowest BCUT2D eigenvalue weighted by Gasteiger charge is -2.02. The van der Waals surface area contributed by atoms with Crippen LogP contribution < -0.4 is 5.56 Å². The van der Waals surface area contributed by atoms with Gasteiger partial charge in [0, 0.05) is 22.0 Å². The number of aryl methyl sites for hydroxylation is 1. The third-order valence-electron chi connectivity index (χ3n) is 2.56. The summed E-state index contributed by atoms with van der Waals surface area (Å²) in [4.78, 5) is 16.5. The van der Waals surface area contributed by atoms with Gasteiger partial charge in [0.15, 0.2) is 0 Å². The van der Waals surface area contributed by atoms with Gasteiger partial charge in [-0.05, 0) is 24.4 Å². The van der Waals surface area contributed by atoms with Gasteiger partial charge < -0.3 is 4.57 Å². The number of nitrogens with zero attached hydrogens (tertiary/aromatic N) is 2. The molecular weight excluding hydrogens is 252 g/mol. The van der Waals surface area contributed by atoms with Gasteiger partial charge in [-0.1, -0.05) is 0 Å². The molecule has 0 atom stereocenters. The van der Waals surface area contributed by atoms with Crippen LogP contribution in [0.2, 0.25) is 0 Å². The molecule has 5 heteroatoms. The van der Waals surface area contributed by atoms with Crippen molar-refractivity contribution in [2.24, 2.45) is 0 Å². The van der Waals surface area contributed by atoms with Gasteiger partial charge in [0.25, 0.3) is 5.56 Å². The minimum atomic E-state index is 0.0663. The van der Waals surface area contributed by atoms with Gasteiger partial charge in [-0.25, -0.2) is 4.98 Å². The molecule has 0 aliphatic carbocycles. The van der Waals surface area contributed by atoms with E-state index >= 15 is 0 Å². The fourth-order valence-electron chi connectivity index (χ4n) is 1.75. The number of thiophene rings is 1. The summed E-state index contributed by atoms with van der Waals surface area (Å²) in [5.41, 5.74) is 1.08. The van der Waals surface area contributed by atoms with Gasteiger partial charge >= 0.3 is 0 Å². The van der Waals surface area contributed by atoms with Crippen LogP contribution in [0.1, 0.15) is 10.7 Å². The quantitative estimate of drug-likeness (QED) is 0.712. The van der Waals surface area contributed by atoms with Crippen LogP contribution in [0, 0.1) is 6.92 Å². The molecule has 0 unspecified atom stereocenters. The van der Waals surface area contributed by atoms with Crippen LogP contribution in [0.5, 0.6) is 0 Å². The number of hydrogen-bond acceptors (Lipinski definition) is 4. The molecule has 3 aromatic rings. The van der Waals surface area contributed by atoms with Crippen LogP contribution in [0.4, 0.5) is 0 Å². The normalized spacial score (nSPS) is 11.1. The Bertz CT molecular complexity index is 723. The second kappa shape index (κ2) is 4.09. The van der Waals surface area contributed by atoms with Gasteiger partial charge in [0.1, 0.15) is 5.01 Å². The van der Waals surface area contributed by atoms with E-state index in [0.29, 0.717) is 6.54 Å². The molecule has 3 aromatic heterocycles. The summed E-state index contributed by atoms with van der Waals surface area (Å²) in [5.74, 6) is 0. The van der Waals surface area contributed by atoms with Crippen molar-refractivity contribution in [2.45, 2.75) is 13.5 Å². The molecule has 0 saturated carbocycles. The number of rotatable bonds is 2. The molecule has 86 valence electrons. The van der Waals surface area contributed by atoms with E-state index < -0.39 is 0 Å². The average molecular weight is 262 g/mol. The van der Waals surface area contributed by atoms with Crippen LogP contribution in [0.15, 0.2) is 33.9 Å². The number of thiazole rings is 1. The van der Waals surface area contributed by atoms with Gasteiger partial charge in [-0.15, -0.1) is 22.7 Å². The van der Waals surface area contributed by atoms with Crippen molar-refractivity contribution in [3.05, 3.63) is 50.1 Å². The minimum Gasteiger partial charge on any atom is -0.308 e. The van der Waals surface area contributed by atoms with Crippen molar-refractivity contribution in [1.82, 2.24) is 9.55 Å². The van der Waals surface area contributed by atoms with E-state index in [4.69, 9.17) is 0 Å². The largest absolute Gasteiger partial charge is 0.308 e. The Labute approximate surface area is 106 Å². The van der Waals surface area contributed by atoms with E-state index in [1.54, 1.807) is 27.2 Å². The first-order valence-electron chi connectivity index (χ1n) is 5.22. The van der Waals surface area contributed by atoms with Crippen molar-refractivity contribution >= 4 is 32.8 Å². The highest BCUT2D eigenvalue weighted by molar-refractivity contribution is 7.17. The maximum Gasteiger partial charge on any atom is 0.259 e. The van der Waals surface area contributed by atoms with Crippen LogP contribution in [0.3, 0.4) is 0 Å². The highest BCUT2D eigenvalue weighted by Crippen LogP contribution is 2.17. The van der Waals surface area contributed by atoms with Crippen LogP contribution in [0.25, 0.3) is 10.1 Å². The third kappa shape index (κ3) is 1.92. The van der Waals surface area contributed by atoms with Crippen LogP contribution in [-0.2, 0) is 6.54 Å². The molecule has 0 aliphatic rings. The van der Waals surface area contributed by atoms with Crippen molar-refractivity contribution in [3.63, 3.8) is 0 Å². The summed E-state index contributed by atoms with van der Waals surface area (Å²) in [6.07, 6.45) is 1.85. The standard InChI is InChI=1S/C12H10N2OS2/c1-8-7-17-11(13-8)6-14-4-2-10-9(12(14)15)3-5-16-10/h2-5,7H,6H2,1H3. The minimum absolute atomic E-state index is 0.0663. The molecule has 0 aromatic carbocycles. The maximum absolute atomic E-state index is 12.1. The maximum atomic E-state index is 12.1. The average Bonchev–Trinajstić information content (AvgIpc) is 2.92. The Hall–Kier alpha value is -1.46. The first-order valence-corrected chi connectivity index (χ1v) is 6.97. The van der Waals surface area contributed by atoms with Crippen LogP contribution >= 0.6 is 22.7 Å². The molecule has 3 nitrogen and oxygen atoms in total. The van der Waals surface area contributed by atoms with Gasteiger partial charge in [0.05, 0.1) is 11.9 Å². The summed E-state index contributed by atoms with van der Waals surface area (Å²) in [6.45, 7) is 2.52. The molecule has 0 radical (unpaired) electrons. The molecule has 17 heavy (non-hydrogen) atoms. The molecule has 0 saturated heterocycles. The van der Waals surface area contributed by atoms with Crippen molar-refractivity contribution in [1.29, 1.82) is 0 Å². The zero-order chi connectivity index (χ0) is 11.8. The number of pyridine rings is 1. The van der Waals surface area contributed by atoms with Gasteiger partial charge in [-0.3, -0.25) is 4.79 Å². The Kier molecular flexibility index (Phi) is 2.57. The summed E-state index contributed by atoms with van der Waals surface area (Å²) in [5, 5.41) is 5.72. The van der Waals surface area contributed by atoms with E-state index in [1.165, 1.54) is 0 Å². The Morgan fingerprint density at radius 1 is 1.35 bits per heavy atom. The number of aromatic nitrogens is 2. The van der Waals surface area contributed by atoms with E-state index in [9.17, 15) is 4.79 Å². The summed E-state index contributed by atoms with van der Waals surface area (Å²) in [6, 6.07) is 3.87. The molecule has 3 heterocycles. The Balaban J connectivity index is 2.06. The lowest BCUT2D eigenvalue weighted by Crippen LogP contribution is -2.19. The van der Waals surface area contributed by atoms with Crippen molar-refractivity contribution in [2.75, 3.05) is 0 Å². The number of fused-ring (bicyclic) bond motifs is 1. The highest BCUT2D eigenvalue weighted by atomic mass is 32.1. The predicted octanol–water partition coefficient (Wildman–Crippen LogP) is 2.88. The monoisotopic (exact) mass is 262 g/mol. The second-order valence-electron chi connectivity index (χ2n) is 3.83. The van der Waals surface area contributed by atoms with Gasteiger partial charge in [0.2, 0.25) is 0 Å². The van der Waals surface area contributed by atoms with E-state index in [0.717, 1.165) is 20.8 Å². The second-order valence-corrected chi connectivity index (χ2v) is 5.72. The summed E-state index contributed by atoms with van der Waals surface area (Å²) in [7, 11) is 0. The van der Waals surface area contributed by atoms with Crippen LogP contribution in [-0.4, -0.2) is 9.55 Å². The Morgan fingerprint density at radius 2 is 2.24 bits per heavy atom. The van der Waals surface area contributed by atoms with E-state index in [-0.39, 0.29) is 5.56 Å². The van der Waals surface area contributed by atoms with E-state index in [1.807, 2.05) is 36.0 Å². The fraction of sp³-hybridized carbons (Fsp3) is 0.167. The lowest BCUT2D eigenvalue weighted by molar-refractivity contribution is 0.761. The summed E-state index contributed by atoms with van der Waals surface area (Å²) >= 11 is 3.19. The molecule has 0 amide bonds. The molecule has 0 aliphatic heterocycles. The zero-order valence-corrected chi connectivity index (χ0v) is 10.8. The molecule has 0 spiro atoms. The van der Waals surface area contributed by atoms with Crippen molar-refractivity contribution < 1.29 is 0 Å². The Morgan fingerprint density at radius 3 is 3.00 bits per heavy atom. The molecule has 0 bridgehead atoms. The van der Waals surface area contributed by atoms with Gasteiger partial charge in [-0.2, -0.15) is 0 Å². The van der Waals surface area contributed by atoms with E-state index in [2.05, 4.69) is 4.98 Å². The first-order chi connectivity index (χ1) is 8.24. The SMILES string of the molecule is Cc1csc(Cn2ccc3sccc3c2=O)n1. The lowest BCUT2D eigenvalue weighted by atomic mass is 10.3. The number of hydrogen-bond donors (Lipinski definition) is 0. The molecule has 3 rings (SSSR count). The van der Waals surface area contributed by atoms with Crippen molar-refractivity contribution in [3.8, 4) is 0 Å². The predicted molar refractivity (Wildman–Crippen MR) is 72.0 cm³/mol. The topological polar surface area (TPSA) is 34.9 Å². The summed E-state index contributed by atoms with van der Waals surface area (Å²) < 4.78 is 2.76. The first kappa shape index (κ1) is 10.7. The smallest absolute Gasteiger partial charge is 0.259 e. The zero-order valence-electron chi connectivity index (χ0n) is 9.21. The molecular formula is C12H10N2OS2.